The van der Waals surface area contributed by atoms with Gasteiger partial charge in [0.1, 0.15) is 6.61 Å². The van der Waals surface area contributed by atoms with Crippen molar-refractivity contribution in [1.29, 1.82) is 0 Å². The van der Waals surface area contributed by atoms with Crippen molar-refractivity contribution in [1.82, 2.24) is 30.1 Å². The summed E-state index contributed by atoms with van der Waals surface area (Å²) in [4.78, 5) is 17.5. The van der Waals surface area contributed by atoms with Gasteiger partial charge in [-0.2, -0.15) is 10.1 Å². The number of hydrogen-bond acceptors (Lipinski definition) is 7. The van der Waals surface area contributed by atoms with Crippen LogP contribution in [-0.2, 0) is 42.3 Å². The van der Waals surface area contributed by atoms with Crippen LogP contribution in [0.3, 0.4) is 0 Å². The highest BCUT2D eigenvalue weighted by molar-refractivity contribution is 5.72. The number of rotatable bonds is 6. The molecule has 0 unspecified atom stereocenters. The van der Waals surface area contributed by atoms with E-state index in [0.29, 0.717) is 31.4 Å². The Hall–Kier alpha value is -2.26. The van der Waals surface area contributed by atoms with E-state index in [9.17, 15) is 4.79 Å². The van der Waals surface area contributed by atoms with Crippen LogP contribution in [0, 0.1) is 0 Å². The molecule has 3 rings (SSSR count). The SMILES string of the molecule is COCc1noc(CN2CCn3nc(CNC(C)=O)cc3C2)n1. The minimum atomic E-state index is -0.0548. The van der Waals surface area contributed by atoms with Gasteiger partial charge >= 0.3 is 0 Å². The lowest BCUT2D eigenvalue weighted by atomic mass is 10.2. The van der Waals surface area contributed by atoms with Crippen LogP contribution in [0.25, 0.3) is 0 Å². The summed E-state index contributed by atoms with van der Waals surface area (Å²) in [6, 6.07) is 2.02. The molecule has 0 aliphatic carbocycles. The normalized spacial score (nSPS) is 14.7. The zero-order chi connectivity index (χ0) is 16.2. The Labute approximate surface area is 133 Å². The standard InChI is InChI=1S/C14H20N6O3/c1-10(21)15-6-11-5-12-7-19(3-4-20(12)17-11)8-14-16-13(9-22-2)18-23-14/h5H,3-4,6-9H2,1-2H3,(H,15,21). The number of carbonyl (C=O) groups excluding carboxylic acids is 1. The van der Waals surface area contributed by atoms with E-state index in [1.54, 1.807) is 7.11 Å². The molecule has 0 saturated carbocycles. The summed E-state index contributed by atoms with van der Waals surface area (Å²) in [6.45, 7) is 5.32. The van der Waals surface area contributed by atoms with Crippen molar-refractivity contribution in [2.45, 2.75) is 39.7 Å². The molecule has 23 heavy (non-hydrogen) atoms. The first-order valence-electron chi connectivity index (χ1n) is 7.47. The molecule has 124 valence electrons. The lowest BCUT2D eigenvalue weighted by Crippen LogP contribution is -2.33. The van der Waals surface area contributed by atoms with Crippen LogP contribution in [-0.4, -0.2) is 44.4 Å². The molecule has 0 spiro atoms. The summed E-state index contributed by atoms with van der Waals surface area (Å²) >= 11 is 0. The van der Waals surface area contributed by atoms with Gasteiger partial charge in [-0.05, 0) is 6.07 Å². The Balaban J connectivity index is 1.59. The molecule has 2 aromatic rings. The second kappa shape index (κ2) is 6.88. The summed E-state index contributed by atoms with van der Waals surface area (Å²) in [7, 11) is 1.60. The monoisotopic (exact) mass is 320 g/mol. The van der Waals surface area contributed by atoms with Gasteiger partial charge in [-0.25, -0.2) is 0 Å². The zero-order valence-electron chi connectivity index (χ0n) is 13.3. The molecule has 0 fully saturated rings. The van der Waals surface area contributed by atoms with E-state index in [2.05, 4.69) is 25.5 Å². The molecule has 3 heterocycles. The van der Waals surface area contributed by atoms with Gasteiger partial charge in [-0.3, -0.25) is 14.4 Å². The van der Waals surface area contributed by atoms with Crippen LogP contribution in [0.5, 0.6) is 0 Å². The fourth-order valence-electron chi connectivity index (χ4n) is 2.55. The van der Waals surface area contributed by atoms with Gasteiger partial charge in [0, 0.05) is 27.1 Å². The maximum Gasteiger partial charge on any atom is 0.240 e. The van der Waals surface area contributed by atoms with Crippen molar-refractivity contribution in [3.05, 3.63) is 29.2 Å². The molecule has 1 aliphatic rings. The van der Waals surface area contributed by atoms with E-state index in [-0.39, 0.29) is 5.91 Å². The number of methoxy groups -OCH3 is 1. The summed E-state index contributed by atoms with van der Waals surface area (Å²) in [5, 5.41) is 11.1. The highest BCUT2D eigenvalue weighted by Crippen LogP contribution is 2.16. The van der Waals surface area contributed by atoms with Crippen molar-refractivity contribution in [2.24, 2.45) is 0 Å². The highest BCUT2D eigenvalue weighted by Gasteiger charge is 2.20. The topological polar surface area (TPSA) is 98.3 Å². The Morgan fingerprint density at radius 1 is 1.48 bits per heavy atom. The fraction of sp³-hybridized carbons (Fsp3) is 0.571. The van der Waals surface area contributed by atoms with Crippen LogP contribution in [0.1, 0.15) is 30.0 Å². The molecule has 9 nitrogen and oxygen atoms in total. The Bertz CT molecular complexity index is 680. The molecule has 0 radical (unpaired) electrons. The summed E-state index contributed by atoms with van der Waals surface area (Å²) < 4.78 is 12.2. The van der Waals surface area contributed by atoms with Gasteiger partial charge in [0.25, 0.3) is 0 Å². The molecular weight excluding hydrogens is 300 g/mol. The van der Waals surface area contributed by atoms with Crippen LogP contribution in [0.15, 0.2) is 10.6 Å². The third kappa shape index (κ3) is 3.93. The highest BCUT2D eigenvalue weighted by atomic mass is 16.5. The quantitative estimate of drug-likeness (QED) is 0.804. The molecule has 0 atom stereocenters. The van der Waals surface area contributed by atoms with Crippen molar-refractivity contribution in [2.75, 3.05) is 13.7 Å². The lowest BCUT2D eigenvalue weighted by molar-refractivity contribution is -0.119. The Morgan fingerprint density at radius 2 is 2.35 bits per heavy atom. The molecule has 1 N–H and O–H groups in total. The Kier molecular flexibility index (Phi) is 4.68. The molecule has 2 aromatic heterocycles. The van der Waals surface area contributed by atoms with Crippen molar-refractivity contribution < 1.29 is 14.1 Å². The zero-order valence-corrected chi connectivity index (χ0v) is 13.3. The second-order valence-electron chi connectivity index (χ2n) is 5.51. The number of hydrogen-bond donors (Lipinski definition) is 1. The molecule has 0 bridgehead atoms. The van der Waals surface area contributed by atoms with Gasteiger partial charge < -0.3 is 14.6 Å². The third-order valence-corrected chi connectivity index (χ3v) is 3.59. The molecule has 0 saturated heterocycles. The number of fused-ring (bicyclic) bond motifs is 1. The first-order valence-corrected chi connectivity index (χ1v) is 7.47. The van der Waals surface area contributed by atoms with E-state index >= 15 is 0 Å². The molecule has 1 aliphatic heterocycles. The number of ether oxygens (including phenoxy) is 1. The first-order chi connectivity index (χ1) is 11.1. The molecule has 1 amide bonds. The first kappa shape index (κ1) is 15.6. The van der Waals surface area contributed by atoms with E-state index in [1.165, 1.54) is 6.92 Å². The minimum Gasteiger partial charge on any atom is -0.377 e. The Morgan fingerprint density at radius 3 is 3.13 bits per heavy atom. The van der Waals surface area contributed by atoms with Crippen molar-refractivity contribution in [3.63, 3.8) is 0 Å². The van der Waals surface area contributed by atoms with Gasteiger partial charge in [0.2, 0.25) is 11.8 Å². The van der Waals surface area contributed by atoms with Crippen LogP contribution in [0.4, 0.5) is 0 Å². The van der Waals surface area contributed by atoms with E-state index in [0.717, 1.165) is 31.0 Å². The van der Waals surface area contributed by atoms with Gasteiger partial charge in [-0.1, -0.05) is 5.16 Å². The van der Waals surface area contributed by atoms with Gasteiger partial charge in [0.15, 0.2) is 5.82 Å². The second-order valence-corrected chi connectivity index (χ2v) is 5.51. The average molecular weight is 320 g/mol. The maximum atomic E-state index is 11.0. The largest absolute Gasteiger partial charge is 0.377 e. The predicted molar refractivity (Wildman–Crippen MR) is 78.9 cm³/mol. The predicted octanol–water partition coefficient (Wildman–Crippen LogP) is 0.0644. The average Bonchev–Trinajstić information content (AvgIpc) is 3.11. The van der Waals surface area contributed by atoms with E-state index in [1.807, 2.05) is 10.7 Å². The smallest absolute Gasteiger partial charge is 0.240 e. The minimum absolute atomic E-state index is 0.0548. The molecule has 9 heteroatoms. The van der Waals surface area contributed by atoms with Crippen LogP contribution >= 0.6 is 0 Å². The number of carbonyl (C=O) groups is 1. The van der Waals surface area contributed by atoms with Crippen LogP contribution in [0.2, 0.25) is 0 Å². The summed E-state index contributed by atoms with van der Waals surface area (Å²) in [5.41, 5.74) is 1.99. The van der Waals surface area contributed by atoms with E-state index in [4.69, 9.17) is 9.26 Å². The summed E-state index contributed by atoms with van der Waals surface area (Å²) in [6.07, 6.45) is 0. The number of nitrogens with zero attached hydrogens (tertiary/aromatic N) is 5. The lowest BCUT2D eigenvalue weighted by Gasteiger charge is -2.25. The fourth-order valence-corrected chi connectivity index (χ4v) is 2.55. The molecular formula is C14H20N6O3. The van der Waals surface area contributed by atoms with Gasteiger partial charge in [0.05, 0.1) is 31.0 Å². The molecule has 0 aromatic carbocycles. The summed E-state index contributed by atoms with van der Waals surface area (Å²) in [5.74, 6) is 1.09. The third-order valence-electron chi connectivity index (χ3n) is 3.59. The van der Waals surface area contributed by atoms with Crippen molar-refractivity contribution in [3.8, 4) is 0 Å². The number of nitrogens with one attached hydrogen (secondary N) is 1. The maximum absolute atomic E-state index is 11.0. The number of amides is 1. The number of aromatic nitrogens is 4. The van der Waals surface area contributed by atoms with Crippen LogP contribution < -0.4 is 5.32 Å². The van der Waals surface area contributed by atoms with Gasteiger partial charge in [-0.15, -0.1) is 0 Å². The van der Waals surface area contributed by atoms with E-state index < -0.39 is 0 Å². The van der Waals surface area contributed by atoms with Crippen molar-refractivity contribution >= 4 is 5.91 Å².